The standard InChI is InChI=1S/C17H29NO2/c1-3-5-18-16(19)20-15(4-2)17-9-12-6-13(10-17)8-14(7-12)11-17/h12-15H,3-11H2,1-2H3,(H,18,19). The van der Waals surface area contributed by atoms with Crippen LogP contribution in [0.4, 0.5) is 4.79 Å². The fourth-order valence-corrected chi connectivity index (χ4v) is 5.61. The van der Waals surface area contributed by atoms with Gasteiger partial charge in [0.1, 0.15) is 6.10 Å². The van der Waals surface area contributed by atoms with Gasteiger partial charge >= 0.3 is 6.09 Å². The number of amides is 1. The molecule has 3 nitrogen and oxygen atoms in total. The topological polar surface area (TPSA) is 38.3 Å². The first kappa shape index (κ1) is 14.2. The smallest absolute Gasteiger partial charge is 0.407 e. The van der Waals surface area contributed by atoms with Crippen LogP contribution in [0, 0.1) is 23.2 Å². The molecule has 0 aromatic carbocycles. The number of hydrogen-bond donors (Lipinski definition) is 1. The van der Waals surface area contributed by atoms with E-state index in [0.717, 1.165) is 37.1 Å². The van der Waals surface area contributed by atoms with E-state index in [1.165, 1.54) is 38.5 Å². The molecule has 1 unspecified atom stereocenters. The van der Waals surface area contributed by atoms with E-state index in [2.05, 4.69) is 19.2 Å². The first-order chi connectivity index (χ1) is 9.65. The summed E-state index contributed by atoms with van der Waals surface area (Å²) < 4.78 is 5.84. The molecule has 0 saturated heterocycles. The first-order valence-electron chi connectivity index (χ1n) is 8.59. The summed E-state index contributed by atoms with van der Waals surface area (Å²) in [6.07, 6.45) is 10.1. The van der Waals surface area contributed by atoms with Gasteiger partial charge in [0.05, 0.1) is 0 Å². The van der Waals surface area contributed by atoms with Gasteiger partial charge in [0.2, 0.25) is 0 Å². The van der Waals surface area contributed by atoms with Crippen molar-refractivity contribution in [3.8, 4) is 0 Å². The highest BCUT2D eigenvalue weighted by Gasteiger charge is 2.54. The van der Waals surface area contributed by atoms with E-state index < -0.39 is 0 Å². The van der Waals surface area contributed by atoms with E-state index in [9.17, 15) is 4.79 Å². The molecule has 0 aromatic rings. The van der Waals surface area contributed by atoms with Gasteiger partial charge in [-0.2, -0.15) is 0 Å². The van der Waals surface area contributed by atoms with Crippen LogP contribution in [-0.4, -0.2) is 18.7 Å². The van der Waals surface area contributed by atoms with Gasteiger partial charge in [0.15, 0.2) is 0 Å². The molecule has 1 atom stereocenters. The summed E-state index contributed by atoms with van der Waals surface area (Å²) in [6.45, 7) is 4.96. The zero-order chi connectivity index (χ0) is 14.2. The second-order valence-electron chi connectivity index (χ2n) is 7.51. The highest BCUT2D eigenvalue weighted by molar-refractivity contribution is 5.67. The molecule has 0 radical (unpaired) electrons. The van der Waals surface area contributed by atoms with Gasteiger partial charge in [-0.25, -0.2) is 4.79 Å². The van der Waals surface area contributed by atoms with Gasteiger partial charge < -0.3 is 10.1 Å². The van der Waals surface area contributed by atoms with E-state index in [1.54, 1.807) is 0 Å². The predicted octanol–water partition coefficient (Wildman–Crippen LogP) is 4.12. The molecular weight excluding hydrogens is 250 g/mol. The van der Waals surface area contributed by atoms with E-state index in [1.807, 2.05) is 0 Å². The maximum atomic E-state index is 11.9. The lowest BCUT2D eigenvalue weighted by molar-refractivity contribution is -0.122. The molecule has 3 heteroatoms. The molecule has 1 N–H and O–H groups in total. The van der Waals surface area contributed by atoms with Crippen molar-refractivity contribution in [3.63, 3.8) is 0 Å². The van der Waals surface area contributed by atoms with Crippen molar-refractivity contribution in [3.05, 3.63) is 0 Å². The fraction of sp³-hybridized carbons (Fsp3) is 0.941. The zero-order valence-corrected chi connectivity index (χ0v) is 13.0. The van der Waals surface area contributed by atoms with Crippen LogP contribution < -0.4 is 5.32 Å². The third-order valence-electron chi connectivity index (χ3n) is 5.91. The second kappa shape index (κ2) is 5.57. The number of hydrogen-bond acceptors (Lipinski definition) is 2. The van der Waals surface area contributed by atoms with Crippen LogP contribution in [0.15, 0.2) is 0 Å². The maximum Gasteiger partial charge on any atom is 0.407 e. The number of rotatable bonds is 5. The van der Waals surface area contributed by atoms with Gasteiger partial charge in [-0.05, 0) is 69.1 Å². The van der Waals surface area contributed by atoms with E-state index in [-0.39, 0.29) is 12.2 Å². The lowest BCUT2D eigenvalue weighted by Crippen LogP contribution is -2.53. The van der Waals surface area contributed by atoms with Gasteiger partial charge in [-0.1, -0.05) is 13.8 Å². The first-order valence-corrected chi connectivity index (χ1v) is 8.59. The lowest BCUT2D eigenvalue weighted by atomic mass is 9.48. The molecular formula is C17H29NO2. The Bertz CT molecular complexity index is 331. The Hall–Kier alpha value is -0.730. The average molecular weight is 279 g/mol. The monoisotopic (exact) mass is 279 g/mol. The van der Waals surface area contributed by atoms with Crippen molar-refractivity contribution in [2.75, 3.05) is 6.54 Å². The summed E-state index contributed by atoms with van der Waals surface area (Å²) in [6, 6.07) is 0. The summed E-state index contributed by atoms with van der Waals surface area (Å²) in [4.78, 5) is 11.9. The molecule has 4 bridgehead atoms. The highest BCUT2D eigenvalue weighted by Crippen LogP contribution is 2.62. The van der Waals surface area contributed by atoms with Gasteiger partial charge in [-0.3, -0.25) is 0 Å². The van der Waals surface area contributed by atoms with Crippen LogP contribution in [0.25, 0.3) is 0 Å². The molecule has 0 heterocycles. The number of ether oxygens (including phenoxy) is 1. The van der Waals surface area contributed by atoms with Crippen LogP contribution in [0.1, 0.15) is 65.2 Å². The van der Waals surface area contributed by atoms with Crippen molar-refractivity contribution in [2.45, 2.75) is 71.3 Å². The largest absolute Gasteiger partial charge is 0.446 e. The SMILES string of the molecule is CCCNC(=O)OC(CC)C12CC3CC(CC(C3)C1)C2. The third kappa shape index (κ3) is 2.56. The summed E-state index contributed by atoms with van der Waals surface area (Å²) >= 11 is 0. The molecule has 20 heavy (non-hydrogen) atoms. The minimum atomic E-state index is -0.200. The van der Waals surface area contributed by atoms with Crippen LogP contribution in [0.2, 0.25) is 0 Å². The van der Waals surface area contributed by atoms with Crippen molar-refractivity contribution < 1.29 is 9.53 Å². The molecule has 0 spiro atoms. The van der Waals surface area contributed by atoms with Crippen molar-refractivity contribution in [2.24, 2.45) is 23.2 Å². The van der Waals surface area contributed by atoms with E-state index in [0.29, 0.717) is 5.41 Å². The van der Waals surface area contributed by atoms with Crippen molar-refractivity contribution >= 4 is 6.09 Å². The van der Waals surface area contributed by atoms with Crippen molar-refractivity contribution in [1.29, 1.82) is 0 Å². The zero-order valence-electron chi connectivity index (χ0n) is 13.0. The number of alkyl carbamates (subject to hydrolysis) is 1. The lowest BCUT2D eigenvalue weighted by Gasteiger charge is -2.58. The average Bonchev–Trinajstić information content (AvgIpc) is 2.40. The Kier molecular flexibility index (Phi) is 3.96. The predicted molar refractivity (Wildman–Crippen MR) is 79.5 cm³/mol. The molecule has 0 aliphatic heterocycles. The molecule has 4 aliphatic carbocycles. The van der Waals surface area contributed by atoms with Crippen LogP contribution in [0.3, 0.4) is 0 Å². The Morgan fingerprint density at radius 2 is 1.70 bits per heavy atom. The van der Waals surface area contributed by atoms with Crippen LogP contribution >= 0.6 is 0 Å². The number of nitrogens with one attached hydrogen (secondary N) is 1. The molecule has 4 aliphatic rings. The summed E-state index contributed by atoms with van der Waals surface area (Å²) in [5.41, 5.74) is 0.313. The number of carbonyl (C=O) groups excluding carboxylic acids is 1. The molecule has 4 rings (SSSR count). The summed E-state index contributed by atoms with van der Waals surface area (Å²) in [5, 5.41) is 2.87. The Morgan fingerprint density at radius 3 is 2.15 bits per heavy atom. The van der Waals surface area contributed by atoms with Crippen LogP contribution in [0.5, 0.6) is 0 Å². The minimum Gasteiger partial charge on any atom is -0.446 e. The van der Waals surface area contributed by atoms with Crippen LogP contribution in [-0.2, 0) is 4.74 Å². The molecule has 4 fully saturated rings. The minimum absolute atomic E-state index is 0.132. The number of carbonyl (C=O) groups is 1. The molecule has 0 aromatic heterocycles. The normalized spacial score (nSPS) is 39.6. The Morgan fingerprint density at radius 1 is 1.15 bits per heavy atom. The van der Waals surface area contributed by atoms with E-state index in [4.69, 9.17) is 4.74 Å². The Balaban J connectivity index is 1.67. The van der Waals surface area contributed by atoms with Gasteiger partial charge in [-0.15, -0.1) is 0 Å². The van der Waals surface area contributed by atoms with Gasteiger partial charge in [0.25, 0.3) is 0 Å². The van der Waals surface area contributed by atoms with E-state index >= 15 is 0 Å². The third-order valence-corrected chi connectivity index (χ3v) is 5.91. The highest BCUT2D eigenvalue weighted by atomic mass is 16.6. The molecule has 4 saturated carbocycles. The quantitative estimate of drug-likeness (QED) is 0.822. The van der Waals surface area contributed by atoms with Gasteiger partial charge in [0, 0.05) is 12.0 Å². The Labute approximate surface area is 122 Å². The molecule has 1 amide bonds. The molecule has 114 valence electrons. The fourth-order valence-electron chi connectivity index (χ4n) is 5.61. The summed E-state index contributed by atoms with van der Waals surface area (Å²) in [5.74, 6) is 2.74. The van der Waals surface area contributed by atoms with Crippen molar-refractivity contribution in [1.82, 2.24) is 5.32 Å². The maximum absolute atomic E-state index is 11.9. The summed E-state index contributed by atoms with van der Waals surface area (Å²) in [7, 11) is 0. The second-order valence-corrected chi connectivity index (χ2v) is 7.51.